The van der Waals surface area contributed by atoms with Gasteiger partial charge in [0.2, 0.25) is 5.78 Å². The van der Waals surface area contributed by atoms with E-state index >= 15 is 0 Å². The minimum Gasteiger partial charge on any atom is -0.337 e. The van der Waals surface area contributed by atoms with E-state index in [0.29, 0.717) is 11.4 Å². The lowest BCUT2D eigenvalue weighted by Crippen LogP contribution is -2.38. The summed E-state index contributed by atoms with van der Waals surface area (Å²) < 4.78 is 2.06. The fourth-order valence-electron chi connectivity index (χ4n) is 4.23. The Hall–Kier alpha value is -1.27. The number of carbonyl (C=O) groups is 1. The molecular weight excluding hydrogens is 551 g/mol. The summed E-state index contributed by atoms with van der Waals surface area (Å²) >= 11 is 19.5. The fourth-order valence-corrected chi connectivity index (χ4v) is 5.48. The predicted octanol–water partition coefficient (Wildman–Crippen LogP) is 7.15. The van der Waals surface area contributed by atoms with Gasteiger partial charge in [-0.25, -0.2) is 0 Å². The van der Waals surface area contributed by atoms with Crippen LogP contribution >= 0.6 is 55.1 Å². The highest BCUT2D eigenvalue weighted by Gasteiger charge is 2.30. The molecule has 30 heavy (non-hydrogen) atoms. The number of hydrogen-bond donors (Lipinski definition) is 0. The quantitative estimate of drug-likeness (QED) is 0.365. The maximum absolute atomic E-state index is 13.7. The van der Waals surface area contributed by atoms with Crippen LogP contribution in [0.25, 0.3) is 0 Å². The van der Waals surface area contributed by atoms with Gasteiger partial charge in [-0.3, -0.25) is 4.79 Å². The molecule has 0 saturated heterocycles. The number of rotatable bonds is 4. The summed E-state index contributed by atoms with van der Waals surface area (Å²) in [6.45, 7) is 1.47. The summed E-state index contributed by atoms with van der Waals surface area (Å²) in [6, 6.07) is 12.3. The van der Waals surface area contributed by atoms with Crippen LogP contribution in [0, 0.1) is 0 Å². The van der Waals surface area contributed by atoms with Crippen molar-refractivity contribution in [2.75, 3.05) is 22.9 Å². The van der Waals surface area contributed by atoms with Gasteiger partial charge >= 0.3 is 0 Å². The van der Waals surface area contributed by atoms with Crippen molar-refractivity contribution in [2.24, 2.45) is 0 Å². The van der Waals surface area contributed by atoms with Crippen molar-refractivity contribution in [3.05, 3.63) is 78.9 Å². The molecule has 0 atom stereocenters. The zero-order chi connectivity index (χ0) is 21.3. The Labute approximate surface area is 203 Å². The molecule has 7 heteroatoms. The van der Waals surface area contributed by atoms with Crippen LogP contribution in [-0.2, 0) is 17.6 Å². The van der Waals surface area contributed by atoms with Crippen LogP contribution in [-0.4, -0.2) is 18.9 Å². The lowest BCUT2D eigenvalue weighted by atomic mass is 9.98. The molecular formula is C23H20Br2Cl2N2O. The minimum atomic E-state index is -0.175. The number of halogens is 4. The van der Waals surface area contributed by atoms with E-state index in [-0.39, 0.29) is 5.78 Å². The topological polar surface area (TPSA) is 23.6 Å². The Kier molecular flexibility index (Phi) is 6.93. The molecule has 0 spiro atoms. The average molecular weight is 571 g/mol. The molecule has 2 aromatic carbocycles. The Balaban J connectivity index is 1.69. The molecule has 0 unspecified atom stereocenters. The molecule has 0 bridgehead atoms. The highest BCUT2D eigenvalue weighted by molar-refractivity contribution is 9.10. The first-order valence-corrected chi connectivity index (χ1v) is 12.3. The minimum absolute atomic E-state index is 0.175. The second kappa shape index (κ2) is 9.47. The number of anilines is 2. The lowest BCUT2D eigenvalue weighted by molar-refractivity contribution is -0.112. The third kappa shape index (κ3) is 4.22. The number of hydrogen-bond acceptors (Lipinski definition) is 3. The lowest BCUT2D eigenvalue weighted by Gasteiger charge is -2.36. The number of carbonyl (C=O) groups excluding carboxylic acids is 1. The van der Waals surface area contributed by atoms with Gasteiger partial charge < -0.3 is 9.80 Å². The molecule has 0 aromatic heterocycles. The van der Waals surface area contributed by atoms with Crippen LogP contribution in [0.1, 0.15) is 24.0 Å². The van der Waals surface area contributed by atoms with Crippen LogP contribution in [0.3, 0.4) is 0 Å². The van der Waals surface area contributed by atoms with Crippen LogP contribution in [0.2, 0.25) is 0 Å². The summed E-state index contributed by atoms with van der Waals surface area (Å²) in [5.41, 5.74) is 8.07. The third-order valence-electron chi connectivity index (χ3n) is 5.57. The standard InChI is InChI=1S/C23H20Br2Cl2N2O/c24-17-5-7-19-15(11-17)3-1-9-28(19)21(13-26)23(30)22(14-27)29-10-2-4-16-12-18(25)6-8-20(16)29/h5-8,11-14H,1-4,9-10H2. The monoisotopic (exact) mass is 568 g/mol. The zero-order valence-electron chi connectivity index (χ0n) is 16.2. The molecule has 0 radical (unpaired) electrons. The maximum atomic E-state index is 13.7. The number of nitrogens with zero attached hydrogens (tertiary/aromatic N) is 2. The molecule has 0 saturated carbocycles. The van der Waals surface area contributed by atoms with Gasteiger partial charge in [-0.15, -0.1) is 0 Å². The van der Waals surface area contributed by atoms with Crippen molar-refractivity contribution >= 4 is 72.2 Å². The molecule has 156 valence electrons. The Morgan fingerprint density at radius 2 is 1.23 bits per heavy atom. The van der Waals surface area contributed by atoms with Gasteiger partial charge in [0.05, 0.1) is 0 Å². The molecule has 3 nitrogen and oxygen atoms in total. The van der Waals surface area contributed by atoms with E-state index in [2.05, 4.69) is 44.0 Å². The molecule has 0 amide bonds. The van der Waals surface area contributed by atoms with Crippen LogP contribution in [0.15, 0.2) is 67.8 Å². The van der Waals surface area contributed by atoms with Crippen molar-refractivity contribution in [1.82, 2.24) is 0 Å². The summed E-state index contributed by atoms with van der Waals surface area (Å²) in [4.78, 5) is 17.7. The molecule has 2 aliphatic heterocycles. The van der Waals surface area contributed by atoms with E-state index in [1.807, 2.05) is 34.1 Å². The second-order valence-electron chi connectivity index (χ2n) is 7.37. The van der Waals surface area contributed by atoms with E-state index in [4.69, 9.17) is 23.2 Å². The summed E-state index contributed by atoms with van der Waals surface area (Å²) in [5, 5.41) is 0. The predicted molar refractivity (Wildman–Crippen MR) is 132 cm³/mol. The summed E-state index contributed by atoms with van der Waals surface area (Å²) in [6.07, 6.45) is 3.85. The van der Waals surface area contributed by atoms with Gasteiger partial charge in [-0.1, -0.05) is 55.1 Å². The molecule has 0 aliphatic carbocycles. The normalized spacial score (nSPS) is 16.9. The van der Waals surface area contributed by atoms with Crippen molar-refractivity contribution in [1.29, 1.82) is 0 Å². The van der Waals surface area contributed by atoms with Crippen molar-refractivity contribution < 1.29 is 4.79 Å². The van der Waals surface area contributed by atoms with E-state index < -0.39 is 0 Å². The highest BCUT2D eigenvalue weighted by atomic mass is 79.9. The molecule has 2 aromatic rings. The number of Topliss-reactive ketones (excluding diaryl/α,β-unsaturated/α-hetero) is 1. The summed E-state index contributed by atoms with van der Waals surface area (Å²) in [7, 11) is 0. The average Bonchev–Trinajstić information content (AvgIpc) is 2.74. The van der Waals surface area contributed by atoms with Gasteiger partial charge in [-0.2, -0.15) is 0 Å². The smallest absolute Gasteiger partial charge is 0.227 e. The number of aryl methyl sites for hydroxylation is 2. The van der Waals surface area contributed by atoms with Gasteiger partial charge in [0.15, 0.2) is 0 Å². The van der Waals surface area contributed by atoms with Gasteiger partial charge in [0.25, 0.3) is 0 Å². The van der Waals surface area contributed by atoms with Gasteiger partial charge in [0, 0.05) is 44.5 Å². The number of benzene rings is 2. The molecule has 4 rings (SSSR count). The first-order chi connectivity index (χ1) is 14.5. The van der Waals surface area contributed by atoms with Crippen LogP contribution < -0.4 is 9.80 Å². The largest absolute Gasteiger partial charge is 0.337 e. The zero-order valence-corrected chi connectivity index (χ0v) is 20.9. The van der Waals surface area contributed by atoms with Crippen LogP contribution in [0.5, 0.6) is 0 Å². The number of fused-ring (bicyclic) bond motifs is 2. The Morgan fingerprint density at radius 1 is 0.800 bits per heavy atom. The fraction of sp³-hybridized carbons (Fsp3) is 0.261. The molecule has 0 N–H and O–H groups in total. The first kappa shape index (κ1) is 21.9. The van der Waals surface area contributed by atoms with E-state index in [1.165, 1.54) is 22.2 Å². The summed E-state index contributed by atoms with van der Waals surface area (Å²) in [5.74, 6) is -0.175. The van der Waals surface area contributed by atoms with Gasteiger partial charge in [-0.05, 0) is 73.2 Å². The molecule has 2 heterocycles. The van der Waals surface area contributed by atoms with Crippen molar-refractivity contribution in [3.8, 4) is 0 Å². The SMILES string of the molecule is O=C(C(=CCl)N1CCCc2cc(Br)ccc21)C(=CCl)N1CCCc2cc(Br)ccc21. The van der Waals surface area contributed by atoms with Crippen molar-refractivity contribution in [3.63, 3.8) is 0 Å². The maximum Gasteiger partial charge on any atom is 0.227 e. The van der Waals surface area contributed by atoms with E-state index in [1.54, 1.807) is 0 Å². The highest BCUT2D eigenvalue weighted by Crippen LogP contribution is 2.36. The van der Waals surface area contributed by atoms with E-state index in [9.17, 15) is 4.79 Å². The molecule has 0 fully saturated rings. The third-order valence-corrected chi connectivity index (χ3v) is 6.97. The van der Waals surface area contributed by atoms with Crippen molar-refractivity contribution in [2.45, 2.75) is 25.7 Å². The van der Waals surface area contributed by atoms with E-state index in [0.717, 1.165) is 59.1 Å². The molecule has 2 aliphatic rings. The van der Waals surface area contributed by atoms with Gasteiger partial charge in [0.1, 0.15) is 11.4 Å². The second-order valence-corrected chi connectivity index (χ2v) is 9.64. The van der Waals surface area contributed by atoms with Crippen LogP contribution in [0.4, 0.5) is 11.4 Å². The Morgan fingerprint density at radius 3 is 1.63 bits per heavy atom. The Bertz CT molecular complexity index is 970. The first-order valence-electron chi connectivity index (χ1n) is 9.81. The number of ketones is 1.